The van der Waals surface area contributed by atoms with E-state index >= 15 is 0 Å². The van der Waals surface area contributed by atoms with Crippen molar-refractivity contribution in [2.24, 2.45) is 0 Å². The molecule has 1 aliphatic rings. The van der Waals surface area contributed by atoms with Gasteiger partial charge in [0.15, 0.2) is 5.65 Å². The fourth-order valence-corrected chi connectivity index (χ4v) is 6.35. The lowest BCUT2D eigenvalue weighted by molar-refractivity contribution is 0.408. The van der Waals surface area contributed by atoms with E-state index in [1.54, 1.807) is 34.8 Å². The molecule has 4 heterocycles. The van der Waals surface area contributed by atoms with Gasteiger partial charge in [-0.25, -0.2) is 23.4 Å². The molecule has 5 aromatic rings. The molecule has 6 rings (SSSR count). The maximum absolute atomic E-state index is 12.9. The van der Waals surface area contributed by atoms with Crippen LogP contribution in [0.1, 0.15) is 33.6 Å². The second kappa shape index (κ2) is 8.25. The maximum Gasteiger partial charge on any atom is 0.243 e. The molecular weight excluding hydrogens is 472 g/mol. The molecular formula is C27H28N6O2S. The summed E-state index contributed by atoms with van der Waals surface area (Å²) in [5.74, 6) is 0. The van der Waals surface area contributed by atoms with Crippen LogP contribution in [-0.4, -0.2) is 50.3 Å². The molecule has 184 valence electrons. The lowest BCUT2D eigenvalue weighted by Crippen LogP contribution is -2.27. The number of nitrogens with one attached hydrogen (secondary N) is 1. The van der Waals surface area contributed by atoms with Crippen molar-refractivity contribution in [2.75, 3.05) is 13.1 Å². The monoisotopic (exact) mass is 500 g/mol. The van der Waals surface area contributed by atoms with Gasteiger partial charge in [0.25, 0.3) is 0 Å². The molecule has 1 fully saturated rings. The van der Waals surface area contributed by atoms with E-state index in [2.05, 4.69) is 52.4 Å². The normalized spacial score (nSPS) is 15.3. The lowest BCUT2D eigenvalue weighted by atomic mass is 10.1. The quantitative estimate of drug-likeness (QED) is 0.367. The van der Waals surface area contributed by atoms with E-state index in [1.165, 1.54) is 0 Å². The first-order valence-corrected chi connectivity index (χ1v) is 13.6. The molecule has 8 nitrogen and oxygen atoms in total. The molecule has 0 amide bonds. The summed E-state index contributed by atoms with van der Waals surface area (Å²) in [6.07, 6.45) is 7.35. The molecule has 0 radical (unpaired) electrons. The first-order chi connectivity index (χ1) is 17.2. The van der Waals surface area contributed by atoms with E-state index in [-0.39, 0.29) is 5.54 Å². The van der Waals surface area contributed by atoms with Crippen LogP contribution >= 0.6 is 0 Å². The summed E-state index contributed by atoms with van der Waals surface area (Å²) in [5, 5.41) is 0. The van der Waals surface area contributed by atoms with Gasteiger partial charge in [0, 0.05) is 36.0 Å². The molecule has 0 atom stereocenters. The van der Waals surface area contributed by atoms with Crippen LogP contribution in [0.3, 0.4) is 0 Å². The Hall–Kier alpha value is -3.56. The van der Waals surface area contributed by atoms with Gasteiger partial charge in [-0.3, -0.25) is 0 Å². The van der Waals surface area contributed by atoms with Crippen molar-refractivity contribution in [2.45, 2.75) is 44.0 Å². The van der Waals surface area contributed by atoms with E-state index in [1.807, 2.05) is 18.6 Å². The molecule has 3 aromatic heterocycles. The molecule has 1 N–H and O–H groups in total. The molecule has 0 unspecified atom stereocenters. The van der Waals surface area contributed by atoms with Crippen molar-refractivity contribution in [3.05, 3.63) is 61.2 Å². The molecule has 0 spiro atoms. The number of rotatable bonds is 4. The zero-order valence-electron chi connectivity index (χ0n) is 20.6. The topological polar surface area (TPSA) is 96.8 Å². The summed E-state index contributed by atoms with van der Waals surface area (Å²) in [5.41, 5.74) is 6.88. The minimum Gasteiger partial charge on any atom is -0.344 e. The van der Waals surface area contributed by atoms with Crippen molar-refractivity contribution < 1.29 is 8.42 Å². The average molecular weight is 501 g/mol. The molecule has 1 aliphatic heterocycles. The number of hydrogen-bond donors (Lipinski definition) is 1. The van der Waals surface area contributed by atoms with E-state index in [0.29, 0.717) is 29.3 Å². The van der Waals surface area contributed by atoms with E-state index in [4.69, 9.17) is 4.98 Å². The minimum atomic E-state index is -3.45. The van der Waals surface area contributed by atoms with Gasteiger partial charge in [-0.05, 0) is 63.4 Å². The van der Waals surface area contributed by atoms with Crippen LogP contribution in [-0.2, 0) is 15.6 Å². The van der Waals surface area contributed by atoms with Gasteiger partial charge in [0.05, 0.1) is 34.1 Å². The molecule has 1 saturated heterocycles. The number of aromatic nitrogens is 5. The third-order valence-corrected chi connectivity index (χ3v) is 8.73. The Balaban J connectivity index is 1.38. The van der Waals surface area contributed by atoms with Gasteiger partial charge in [-0.1, -0.05) is 18.2 Å². The number of aromatic amines is 1. The van der Waals surface area contributed by atoms with Crippen LogP contribution in [0.5, 0.6) is 0 Å². The van der Waals surface area contributed by atoms with Crippen molar-refractivity contribution in [3.8, 4) is 22.4 Å². The van der Waals surface area contributed by atoms with E-state index in [9.17, 15) is 8.42 Å². The van der Waals surface area contributed by atoms with Crippen molar-refractivity contribution in [1.29, 1.82) is 0 Å². The number of benzene rings is 2. The maximum atomic E-state index is 12.9. The van der Waals surface area contributed by atoms with Crippen molar-refractivity contribution in [3.63, 3.8) is 0 Å². The van der Waals surface area contributed by atoms with Crippen molar-refractivity contribution >= 4 is 32.2 Å². The van der Waals surface area contributed by atoms with E-state index in [0.717, 1.165) is 46.1 Å². The van der Waals surface area contributed by atoms with Crippen LogP contribution in [0.25, 0.3) is 44.6 Å². The highest BCUT2D eigenvalue weighted by atomic mass is 32.2. The fourth-order valence-electron chi connectivity index (χ4n) is 4.84. The van der Waals surface area contributed by atoms with Crippen LogP contribution in [0, 0.1) is 0 Å². The summed E-state index contributed by atoms with van der Waals surface area (Å²) < 4.78 is 29.5. The first kappa shape index (κ1) is 22.9. The Morgan fingerprint density at radius 1 is 0.944 bits per heavy atom. The predicted octanol–water partition coefficient (Wildman–Crippen LogP) is 5.18. The van der Waals surface area contributed by atoms with Crippen LogP contribution in [0.4, 0.5) is 0 Å². The third-order valence-electron chi connectivity index (χ3n) is 6.81. The Morgan fingerprint density at radius 2 is 1.67 bits per heavy atom. The highest BCUT2D eigenvalue weighted by Gasteiger charge is 2.27. The summed E-state index contributed by atoms with van der Waals surface area (Å²) in [6, 6.07) is 13.2. The minimum absolute atomic E-state index is 0.0883. The number of hydrogen-bond acceptors (Lipinski definition) is 5. The van der Waals surface area contributed by atoms with Crippen LogP contribution < -0.4 is 0 Å². The predicted molar refractivity (Wildman–Crippen MR) is 141 cm³/mol. The Labute approximate surface area is 210 Å². The van der Waals surface area contributed by atoms with Gasteiger partial charge in [0.2, 0.25) is 10.0 Å². The molecule has 0 aliphatic carbocycles. The van der Waals surface area contributed by atoms with Gasteiger partial charge in [-0.15, -0.1) is 0 Å². The van der Waals surface area contributed by atoms with Gasteiger partial charge in [0.1, 0.15) is 5.52 Å². The highest BCUT2D eigenvalue weighted by Crippen LogP contribution is 2.32. The summed E-state index contributed by atoms with van der Waals surface area (Å²) >= 11 is 0. The number of sulfonamides is 1. The smallest absolute Gasteiger partial charge is 0.243 e. The highest BCUT2D eigenvalue weighted by molar-refractivity contribution is 7.89. The number of imidazole rings is 1. The average Bonchev–Trinajstić information content (AvgIpc) is 3.62. The Morgan fingerprint density at radius 3 is 2.39 bits per heavy atom. The second-order valence-electron chi connectivity index (χ2n) is 10.3. The molecule has 0 bridgehead atoms. The Kier molecular flexibility index (Phi) is 5.24. The van der Waals surface area contributed by atoms with E-state index < -0.39 is 10.0 Å². The molecule has 36 heavy (non-hydrogen) atoms. The number of H-pyrrole nitrogens is 1. The summed E-state index contributed by atoms with van der Waals surface area (Å²) in [7, 11) is -3.45. The van der Waals surface area contributed by atoms with Crippen molar-refractivity contribution in [1.82, 2.24) is 28.8 Å². The zero-order valence-corrected chi connectivity index (χ0v) is 21.4. The third kappa shape index (κ3) is 3.79. The van der Waals surface area contributed by atoms with Gasteiger partial charge >= 0.3 is 0 Å². The number of nitrogens with zero attached hydrogens (tertiary/aromatic N) is 5. The lowest BCUT2D eigenvalue weighted by Gasteiger charge is -2.21. The van der Waals surface area contributed by atoms with Gasteiger partial charge in [-0.2, -0.15) is 4.31 Å². The zero-order chi connectivity index (χ0) is 25.1. The van der Waals surface area contributed by atoms with Crippen LogP contribution in [0.15, 0.2) is 66.1 Å². The summed E-state index contributed by atoms with van der Waals surface area (Å²) in [4.78, 5) is 17.6. The molecule has 9 heteroatoms. The standard InChI is InChI=1S/C27H28N6O2S/c1-27(2,3)33-17-30-22-11-8-19(14-24(22)33)21-15-28-26-25(21)31-23(16-29-26)18-6-9-20(10-7-18)36(34,35)32-12-4-5-13-32/h6-11,14-17H,4-5,12-13H2,1-3H3,(H,28,29). The SMILES string of the molecule is CC(C)(C)n1cnc2ccc(-c3c[nH]c4ncc(-c5ccc(S(=O)(=O)N6CCCC6)cc5)nc34)cc21. The Bertz CT molecular complexity index is 1690. The largest absolute Gasteiger partial charge is 0.344 e. The van der Waals surface area contributed by atoms with Crippen LogP contribution in [0.2, 0.25) is 0 Å². The first-order valence-electron chi connectivity index (χ1n) is 12.1. The molecule has 0 saturated carbocycles. The number of fused-ring (bicyclic) bond motifs is 2. The van der Waals surface area contributed by atoms with Gasteiger partial charge < -0.3 is 9.55 Å². The molecule has 2 aromatic carbocycles. The summed E-state index contributed by atoms with van der Waals surface area (Å²) in [6.45, 7) is 7.65. The fraction of sp³-hybridized carbons (Fsp3) is 0.296. The second-order valence-corrected chi connectivity index (χ2v) is 12.2.